The van der Waals surface area contributed by atoms with Gasteiger partial charge in [-0.2, -0.15) is 0 Å². The lowest BCUT2D eigenvalue weighted by molar-refractivity contribution is -0.149. The number of amides is 1. The Morgan fingerprint density at radius 1 is 1.32 bits per heavy atom. The van der Waals surface area contributed by atoms with Gasteiger partial charge in [-0.25, -0.2) is 9.59 Å². The predicted molar refractivity (Wildman–Crippen MR) is 82.1 cm³/mol. The number of esters is 1. The summed E-state index contributed by atoms with van der Waals surface area (Å²) in [5.41, 5.74) is -0.137. The lowest BCUT2D eigenvalue weighted by Crippen LogP contribution is -2.52. The van der Waals surface area contributed by atoms with Gasteiger partial charge in [0, 0.05) is 6.54 Å². The van der Waals surface area contributed by atoms with Gasteiger partial charge < -0.3 is 9.47 Å². The molecule has 0 aromatic heterocycles. The van der Waals surface area contributed by atoms with E-state index in [2.05, 4.69) is 0 Å². The Morgan fingerprint density at radius 3 is 2.68 bits per heavy atom. The van der Waals surface area contributed by atoms with Crippen molar-refractivity contribution in [2.45, 2.75) is 31.9 Å². The van der Waals surface area contributed by atoms with Gasteiger partial charge in [0.2, 0.25) is 0 Å². The van der Waals surface area contributed by atoms with Gasteiger partial charge in [0.25, 0.3) is 0 Å². The second kappa shape index (κ2) is 7.11. The number of nitrogens with zero attached hydrogens (tertiary/aromatic N) is 1. The van der Waals surface area contributed by atoms with Crippen LogP contribution < -0.4 is 0 Å². The van der Waals surface area contributed by atoms with Gasteiger partial charge in [0.15, 0.2) is 5.54 Å². The molecular formula is C17H21NO4. The van der Waals surface area contributed by atoms with Gasteiger partial charge in [0.1, 0.15) is 6.61 Å². The molecule has 2 rings (SSSR count). The summed E-state index contributed by atoms with van der Waals surface area (Å²) in [6, 6.07) is 9.45. The Labute approximate surface area is 130 Å². The minimum Gasteiger partial charge on any atom is -0.467 e. The molecule has 0 N–H and O–H groups in total. The summed E-state index contributed by atoms with van der Waals surface area (Å²) >= 11 is 0. The number of hydrogen-bond donors (Lipinski definition) is 0. The van der Waals surface area contributed by atoms with Crippen LogP contribution in [0.3, 0.4) is 0 Å². The zero-order valence-corrected chi connectivity index (χ0v) is 13.0. The summed E-state index contributed by atoms with van der Waals surface area (Å²) in [5.74, 6) is -0.431. The van der Waals surface area contributed by atoms with E-state index in [1.807, 2.05) is 37.3 Å². The standard InChI is InChI=1S/C17H21NO4/c1-3-10-17(15(19)21-2)11-7-12-18(17)16(20)22-13-14-8-5-4-6-9-14/h3-6,8-10H,7,11-13H2,1-2H3. The van der Waals surface area contributed by atoms with Crippen LogP contribution in [0, 0.1) is 0 Å². The van der Waals surface area contributed by atoms with E-state index in [1.54, 1.807) is 12.2 Å². The van der Waals surface area contributed by atoms with E-state index in [1.165, 1.54) is 12.0 Å². The number of benzene rings is 1. The largest absolute Gasteiger partial charge is 0.467 e. The first kappa shape index (κ1) is 16.1. The highest BCUT2D eigenvalue weighted by Gasteiger charge is 2.49. The number of carbonyl (C=O) groups excluding carboxylic acids is 2. The summed E-state index contributed by atoms with van der Waals surface area (Å²) in [6.07, 6.45) is 4.27. The Balaban J connectivity index is 2.11. The second-order valence-electron chi connectivity index (χ2n) is 5.21. The molecule has 1 atom stereocenters. The third-order valence-electron chi connectivity index (χ3n) is 3.83. The first-order valence-corrected chi connectivity index (χ1v) is 7.34. The molecule has 0 saturated carbocycles. The van der Waals surface area contributed by atoms with Crippen LogP contribution in [0.5, 0.6) is 0 Å². The molecular weight excluding hydrogens is 282 g/mol. The van der Waals surface area contributed by atoms with E-state index in [-0.39, 0.29) is 6.61 Å². The second-order valence-corrected chi connectivity index (χ2v) is 5.21. The quantitative estimate of drug-likeness (QED) is 0.634. The van der Waals surface area contributed by atoms with E-state index in [0.29, 0.717) is 13.0 Å². The minimum absolute atomic E-state index is 0.184. The van der Waals surface area contributed by atoms with Crippen molar-refractivity contribution < 1.29 is 19.1 Å². The maximum Gasteiger partial charge on any atom is 0.411 e. The predicted octanol–water partition coefficient (Wildman–Crippen LogP) is 2.91. The molecule has 0 spiro atoms. The van der Waals surface area contributed by atoms with Crippen molar-refractivity contribution in [3.05, 3.63) is 48.0 Å². The first-order valence-electron chi connectivity index (χ1n) is 7.34. The molecule has 1 amide bonds. The van der Waals surface area contributed by atoms with Crippen LogP contribution >= 0.6 is 0 Å². The van der Waals surface area contributed by atoms with Gasteiger partial charge in [0.05, 0.1) is 7.11 Å². The number of ether oxygens (including phenoxy) is 2. The highest BCUT2D eigenvalue weighted by Crippen LogP contribution is 2.33. The number of carbonyl (C=O) groups is 2. The average molecular weight is 303 g/mol. The maximum atomic E-state index is 12.4. The summed E-state index contributed by atoms with van der Waals surface area (Å²) in [4.78, 5) is 26.0. The van der Waals surface area contributed by atoms with Crippen molar-refractivity contribution in [3.8, 4) is 0 Å². The van der Waals surface area contributed by atoms with Crippen molar-refractivity contribution in [1.82, 2.24) is 4.90 Å². The average Bonchev–Trinajstić information content (AvgIpc) is 2.98. The monoisotopic (exact) mass is 303 g/mol. The van der Waals surface area contributed by atoms with Crippen LogP contribution in [-0.4, -0.2) is 36.2 Å². The fourth-order valence-electron chi connectivity index (χ4n) is 2.80. The molecule has 0 bridgehead atoms. The lowest BCUT2D eigenvalue weighted by atomic mass is 9.96. The molecule has 5 nitrogen and oxygen atoms in total. The molecule has 1 unspecified atom stereocenters. The molecule has 0 radical (unpaired) electrons. The van der Waals surface area contributed by atoms with Gasteiger partial charge >= 0.3 is 12.1 Å². The van der Waals surface area contributed by atoms with Crippen LogP contribution in [0.1, 0.15) is 25.3 Å². The Morgan fingerprint density at radius 2 is 2.05 bits per heavy atom. The molecule has 1 heterocycles. The molecule has 5 heteroatoms. The number of rotatable bonds is 4. The third-order valence-corrected chi connectivity index (χ3v) is 3.83. The molecule has 1 aromatic carbocycles. The van der Waals surface area contributed by atoms with Crippen molar-refractivity contribution in [2.75, 3.05) is 13.7 Å². The molecule has 118 valence electrons. The van der Waals surface area contributed by atoms with Crippen LogP contribution in [0.4, 0.5) is 4.79 Å². The summed E-state index contributed by atoms with van der Waals surface area (Å²) in [7, 11) is 1.33. The van der Waals surface area contributed by atoms with Crippen LogP contribution in [0.2, 0.25) is 0 Å². The normalized spacial score (nSPS) is 21.1. The zero-order valence-electron chi connectivity index (χ0n) is 13.0. The Kier molecular flexibility index (Phi) is 5.20. The van der Waals surface area contributed by atoms with Crippen molar-refractivity contribution >= 4 is 12.1 Å². The van der Waals surface area contributed by atoms with Gasteiger partial charge in [-0.15, -0.1) is 0 Å². The van der Waals surface area contributed by atoms with E-state index < -0.39 is 17.6 Å². The number of likely N-dealkylation sites (tertiary alicyclic amines) is 1. The molecule has 1 saturated heterocycles. The topological polar surface area (TPSA) is 55.8 Å². The van der Waals surface area contributed by atoms with Gasteiger partial charge in [-0.05, 0) is 25.3 Å². The number of hydrogen-bond acceptors (Lipinski definition) is 4. The zero-order chi connectivity index (χ0) is 16.0. The molecule has 1 aliphatic rings. The smallest absolute Gasteiger partial charge is 0.411 e. The highest BCUT2D eigenvalue weighted by molar-refractivity contribution is 5.88. The molecule has 22 heavy (non-hydrogen) atoms. The molecule has 0 aliphatic carbocycles. The highest BCUT2D eigenvalue weighted by atomic mass is 16.6. The number of methoxy groups -OCH3 is 1. The van der Waals surface area contributed by atoms with Gasteiger partial charge in [-0.1, -0.05) is 42.5 Å². The van der Waals surface area contributed by atoms with Crippen LogP contribution in [0.25, 0.3) is 0 Å². The minimum atomic E-state index is -1.04. The van der Waals surface area contributed by atoms with Crippen molar-refractivity contribution in [2.24, 2.45) is 0 Å². The maximum absolute atomic E-state index is 12.4. The first-order chi connectivity index (χ1) is 10.6. The molecule has 1 aliphatic heterocycles. The summed E-state index contributed by atoms with van der Waals surface area (Å²) < 4.78 is 10.2. The molecule has 1 fully saturated rings. The van der Waals surface area contributed by atoms with Crippen molar-refractivity contribution in [1.29, 1.82) is 0 Å². The SMILES string of the molecule is CC=CC1(C(=O)OC)CCCN1C(=O)OCc1ccccc1. The van der Waals surface area contributed by atoms with E-state index in [9.17, 15) is 9.59 Å². The Bertz CT molecular complexity index is 555. The van der Waals surface area contributed by atoms with E-state index in [4.69, 9.17) is 9.47 Å². The Hall–Kier alpha value is -2.30. The lowest BCUT2D eigenvalue weighted by Gasteiger charge is -2.32. The summed E-state index contributed by atoms with van der Waals surface area (Å²) in [6.45, 7) is 2.48. The van der Waals surface area contributed by atoms with Gasteiger partial charge in [-0.3, -0.25) is 4.90 Å². The van der Waals surface area contributed by atoms with Crippen molar-refractivity contribution in [3.63, 3.8) is 0 Å². The van der Waals surface area contributed by atoms with E-state index >= 15 is 0 Å². The number of allylic oxidation sites excluding steroid dienone is 1. The third kappa shape index (κ3) is 3.13. The van der Waals surface area contributed by atoms with Crippen LogP contribution in [-0.2, 0) is 20.9 Å². The van der Waals surface area contributed by atoms with Crippen LogP contribution in [0.15, 0.2) is 42.5 Å². The fraction of sp³-hybridized carbons (Fsp3) is 0.412. The summed E-state index contributed by atoms with van der Waals surface area (Å²) in [5, 5.41) is 0. The fourth-order valence-corrected chi connectivity index (χ4v) is 2.80. The van der Waals surface area contributed by atoms with E-state index in [0.717, 1.165) is 12.0 Å². The molecule has 1 aromatic rings.